The van der Waals surface area contributed by atoms with Crippen molar-refractivity contribution in [2.75, 3.05) is 5.32 Å². The molecule has 0 saturated carbocycles. The van der Waals surface area contributed by atoms with Gasteiger partial charge in [0.05, 0.1) is 28.8 Å². The number of aromatic nitrogens is 3. The first-order valence-corrected chi connectivity index (χ1v) is 11.4. The van der Waals surface area contributed by atoms with E-state index in [1.807, 2.05) is 56.4 Å². The lowest BCUT2D eigenvalue weighted by Gasteiger charge is -2.15. The van der Waals surface area contributed by atoms with Crippen molar-refractivity contribution in [3.05, 3.63) is 107 Å². The molecule has 36 heavy (non-hydrogen) atoms. The van der Waals surface area contributed by atoms with Gasteiger partial charge < -0.3 is 14.6 Å². The summed E-state index contributed by atoms with van der Waals surface area (Å²) in [6.07, 6.45) is 1.98. The minimum atomic E-state index is 0.378. The average Bonchev–Trinajstić information content (AvgIpc) is 3.29. The average molecular weight is 471 g/mol. The van der Waals surface area contributed by atoms with E-state index in [1.165, 1.54) is 0 Å². The number of hydrogen-bond acceptors (Lipinski definition) is 6. The number of nitrogens with one attached hydrogen (secondary N) is 1. The van der Waals surface area contributed by atoms with E-state index >= 15 is 0 Å². The van der Waals surface area contributed by atoms with Crippen LogP contribution in [0.2, 0.25) is 0 Å². The van der Waals surface area contributed by atoms with Crippen LogP contribution in [-0.2, 0) is 6.54 Å². The monoisotopic (exact) mass is 470 g/mol. The molecule has 0 aliphatic carbocycles. The van der Waals surface area contributed by atoms with Crippen LogP contribution in [0.4, 0.5) is 11.6 Å². The van der Waals surface area contributed by atoms with E-state index in [9.17, 15) is 5.26 Å². The highest BCUT2D eigenvalue weighted by atomic mass is 16.5. The highest BCUT2D eigenvalue weighted by Crippen LogP contribution is 2.34. The van der Waals surface area contributed by atoms with Gasteiger partial charge in [0.1, 0.15) is 11.3 Å². The molecule has 7 nitrogen and oxygen atoms in total. The zero-order valence-corrected chi connectivity index (χ0v) is 19.9. The van der Waals surface area contributed by atoms with Gasteiger partial charge in [-0.1, -0.05) is 30.3 Å². The molecule has 0 bridgehead atoms. The second-order valence-corrected chi connectivity index (χ2v) is 8.48. The summed E-state index contributed by atoms with van der Waals surface area (Å²) in [5, 5.41) is 21.6. The van der Waals surface area contributed by atoms with E-state index < -0.39 is 0 Å². The zero-order valence-electron chi connectivity index (χ0n) is 19.9. The molecule has 174 valence electrons. The Morgan fingerprint density at radius 3 is 2.22 bits per heavy atom. The number of hydrogen-bond donors (Lipinski definition) is 1. The fourth-order valence-electron chi connectivity index (χ4n) is 4.14. The standard InChI is InChI=1S/C29H22N6O/c1-19-14-23(17-31)15-20(2)27(19)36-28-26-25(12-13-35(26)18-22-6-4-3-5-7-22)33-29(34-28)32-24-10-8-21(16-30)9-11-24/h3-15H,18H2,1-2H3,(H,32,33,34). The quantitative estimate of drug-likeness (QED) is 0.309. The molecule has 0 aliphatic rings. The van der Waals surface area contributed by atoms with Crippen LogP contribution in [0.25, 0.3) is 11.0 Å². The summed E-state index contributed by atoms with van der Waals surface area (Å²) in [4.78, 5) is 9.46. The molecule has 7 heteroatoms. The highest BCUT2D eigenvalue weighted by Gasteiger charge is 2.17. The fourth-order valence-corrected chi connectivity index (χ4v) is 4.14. The van der Waals surface area contributed by atoms with Crippen molar-refractivity contribution in [2.45, 2.75) is 20.4 Å². The highest BCUT2D eigenvalue weighted by molar-refractivity contribution is 5.83. The van der Waals surface area contributed by atoms with Gasteiger partial charge in [-0.25, -0.2) is 4.98 Å². The summed E-state index contributed by atoms with van der Waals surface area (Å²) in [7, 11) is 0. The van der Waals surface area contributed by atoms with Gasteiger partial charge in [-0.15, -0.1) is 0 Å². The van der Waals surface area contributed by atoms with Crippen molar-refractivity contribution < 1.29 is 4.74 Å². The van der Waals surface area contributed by atoms with Crippen LogP contribution in [0, 0.1) is 36.5 Å². The Labute approximate surface area is 208 Å². The first kappa shape index (κ1) is 22.6. The Balaban J connectivity index is 1.60. The molecular formula is C29H22N6O. The lowest BCUT2D eigenvalue weighted by atomic mass is 10.1. The van der Waals surface area contributed by atoms with Gasteiger partial charge in [-0.3, -0.25) is 0 Å². The smallest absolute Gasteiger partial charge is 0.249 e. The van der Waals surface area contributed by atoms with Crippen molar-refractivity contribution >= 4 is 22.7 Å². The topological polar surface area (TPSA) is 99.5 Å². The first-order chi connectivity index (χ1) is 17.5. The number of aryl methyl sites for hydroxylation is 2. The molecule has 0 radical (unpaired) electrons. The SMILES string of the molecule is Cc1cc(C#N)cc(C)c1Oc1nc(Nc2ccc(C#N)cc2)nc2ccn(Cc3ccccc3)c12. The molecule has 1 N–H and O–H groups in total. The molecule has 5 aromatic rings. The molecule has 0 unspecified atom stereocenters. The molecule has 0 fully saturated rings. The van der Waals surface area contributed by atoms with Gasteiger partial charge in [0, 0.05) is 18.4 Å². The second-order valence-electron chi connectivity index (χ2n) is 8.48. The first-order valence-electron chi connectivity index (χ1n) is 11.4. The van der Waals surface area contributed by atoms with Crippen LogP contribution in [0.1, 0.15) is 27.8 Å². The maximum Gasteiger partial charge on any atom is 0.249 e. The molecule has 0 amide bonds. The largest absolute Gasteiger partial charge is 0.436 e. The summed E-state index contributed by atoms with van der Waals surface area (Å²) in [6, 6.07) is 27.1. The van der Waals surface area contributed by atoms with Crippen LogP contribution in [-0.4, -0.2) is 14.5 Å². The number of nitrogens with zero attached hydrogens (tertiary/aromatic N) is 5. The van der Waals surface area contributed by atoms with Crippen LogP contribution in [0.15, 0.2) is 79.0 Å². The molecule has 2 aromatic heterocycles. The maximum atomic E-state index is 9.33. The van der Waals surface area contributed by atoms with Crippen molar-refractivity contribution in [3.8, 4) is 23.8 Å². The summed E-state index contributed by atoms with van der Waals surface area (Å²) in [6.45, 7) is 4.47. The number of anilines is 2. The Morgan fingerprint density at radius 1 is 0.861 bits per heavy atom. The minimum Gasteiger partial charge on any atom is -0.436 e. The van der Waals surface area contributed by atoms with Gasteiger partial charge in [0.25, 0.3) is 0 Å². The van der Waals surface area contributed by atoms with E-state index in [-0.39, 0.29) is 0 Å². The lowest BCUT2D eigenvalue weighted by Crippen LogP contribution is -2.04. The zero-order chi connectivity index (χ0) is 25.1. The number of rotatable bonds is 6. The van der Waals surface area contributed by atoms with E-state index in [0.29, 0.717) is 35.2 Å². The van der Waals surface area contributed by atoms with E-state index in [1.54, 1.807) is 24.3 Å². The van der Waals surface area contributed by atoms with Crippen LogP contribution in [0.3, 0.4) is 0 Å². The van der Waals surface area contributed by atoms with Crippen molar-refractivity contribution in [2.24, 2.45) is 0 Å². The normalized spacial score (nSPS) is 10.6. The molecule has 2 heterocycles. The van der Waals surface area contributed by atoms with Gasteiger partial charge in [-0.2, -0.15) is 15.5 Å². The number of ether oxygens (including phenoxy) is 1. The third kappa shape index (κ3) is 4.59. The van der Waals surface area contributed by atoms with Crippen LogP contribution >= 0.6 is 0 Å². The predicted molar refractivity (Wildman–Crippen MR) is 138 cm³/mol. The number of nitriles is 2. The summed E-state index contributed by atoms with van der Waals surface area (Å²) < 4.78 is 8.51. The number of benzene rings is 3. The van der Waals surface area contributed by atoms with Crippen LogP contribution < -0.4 is 10.1 Å². The Kier molecular flexibility index (Phi) is 6.05. The fraction of sp³-hybridized carbons (Fsp3) is 0.103. The van der Waals surface area contributed by atoms with Gasteiger partial charge in [-0.05, 0) is 73.0 Å². The Bertz CT molecular complexity index is 1620. The summed E-state index contributed by atoms with van der Waals surface area (Å²) in [5.41, 5.74) is 6.26. The number of fused-ring (bicyclic) bond motifs is 1. The van der Waals surface area contributed by atoms with Crippen LogP contribution in [0.5, 0.6) is 11.6 Å². The van der Waals surface area contributed by atoms with E-state index in [2.05, 4.69) is 34.2 Å². The Morgan fingerprint density at radius 2 is 1.56 bits per heavy atom. The Hall–Kier alpha value is -5.14. The molecule has 3 aromatic carbocycles. The third-order valence-electron chi connectivity index (χ3n) is 5.83. The third-order valence-corrected chi connectivity index (χ3v) is 5.83. The van der Waals surface area contributed by atoms with Crippen molar-refractivity contribution in [3.63, 3.8) is 0 Å². The van der Waals surface area contributed by atoms with Gasteiger partial charge >= 0.3 is 0 Å². The predicted octanol–water partition coefficient (Wildman–Crippen LogP) is 6.38. The minimum absolute atomic E-state index is 0.378. The molecule has 0 atom stereocenters. The van der Waals surface area contributed by atoms with E-state index in [4.69, 9.17) is 20.0 Å². The molecule has 0 spiro atoms. The summed E-state index contributed by atoms with van der Waals surface area (Å²) >= 11 is 0. The van der Waals surface area contributed by atoms with Crippen molar-refractivity contribution in [1.82, 2.24) is 14.5 Å². The second kappa shape index (κ2) is 9.61. The summed E-state index contributed by atoms with van der Waals surface area (Å²) in [5.74, 6) is 1.45. The molecule has 0 aliphatic heterocycles. The van der Waals surface area contributed by atoms with Gasteiger partial charge in [0.15, 0.2) is 0 Å². The molecule has 5 rings (SSSR count). The maximum absolute atomic E-state index is 9.33. The van der Waals surface area contributed by atoms with Gasteiger partial charge in [0.2, 0.25) is 11.8 Å². The molecule has 0 saturated heterocycles. The van der Waals surface area contributed by atoms with E-state index in [0.717, 1.165) is 33.4 Å². The molecular weight excluding hydrogens is 448 g/mol. The lowest BCUT2D eigenvalue weighted by molar-refractivity contribution is 0.459. The van der Waals surface area contributed by atoms with Crippen molar-refractivity contribution in [1.29, 1.82) is 10.5 Å².